The molecule has 0 unspecified atom stereocenters. The second-order valence-electron chi connectivity index (χ2n) is 5.44. The van der Waals surface area contributed by atoms with Gasteiger partial charge in [-0.05, 0) is 17.7 Å². The van der Waals surface area contributed by atoms with E-state index in [1.807, 2.05) is 0 Å². The molecule has 0 aromatic carbocycles. The summed E-state index contributed by atoms with van der Waals surface area (Å²) in [6.07, 6.45) is -1.87. The van der Waals surface area contributed by atoms with Gasteiger partial charge in [0.05, 0.1) is 6.61 Å². The molecule has 2 aromatic heterocycles. The van der Waals surface area contributed by atoms with E-state index in [-0.39, 0.29) is 36.7 Å². The van der Waals surface area contributed by atoms with Gasteiger partial charge in [-0.2, -0.15) is 0 Å². The van der Waals surface area contributed by atoms with Crippen LogP contribution in [0.1, 0.15) is 22.8 Å². The zero-order chi connectivity index (χ0) is 20.6. The van der Waals surface area contributed by atoms with E-state index in [4.69, 9.17) is 4.74 Å². The lowest BCUT2D eigenvalue weighted by molar-refractivity contribution is -0.325. The Balaban J connectivity index is 1.81. The number of hydrogen-bond donors (Lipinski definition) is 2. The molecule has 0 saturated carbocycles. The number of ether oxygens (including phenoxy) is 2. The Morgan fingerprint density at radius 3 is 2.57 bits per heavy atom. The van der Waals surface area contributed by atoms with Crippen LogP contribution in [-0.2, 0) is 16.1 Å². The van der Waals surface area contributed by atoms with Crippen molar-refractivity contribution in [1.29, 1.82) is 0 Å². The van der Waals surface area contributed by atoms with Crippen LogP contribution in [0.15, 0.2) is 36.7 Å². The Morgan fingerprint density at radius 1 is 1.14 bits per heavy atom. The number of carbonyl (C=O) groups is 2. The second-order valence-corrected chi connectivity index (χ2v) is 5.44. The third kappa shape index (κ3) is 7.58. The predicted molar refractivity (Wildman–Crippen MR) is 91.4 cm³/mol. The molecule has 28 heavy (non-hydrogen) atoms. The van der Waals surface area contributed by atoms with Crippen molar-refractivity contribution < 1.29 is 32.2 Å². The fourth-order valence-electron chi connectivity index (χ4n) is 2.01. The summed E-state index contributed by atoms with van der Waals surface area (Å²) in [5, 5.41) is 5.16. The van der Waals surface area contributed by atoms with Gasteiger partial charge >= 0.3 is 6.36 Å². The molecule has 2 heterocycles. The van der Waals surface area contributed by atoms with E-state index in [1.54, 1.807) is 6.07 Å². The van der Waals surface area contributed by atoms with Gasteiger partial charge in [-0.15, -0.1) is 13.2 Å². The minimum Gasteiger partial charge on any atom is -0.475 e. The SMILES string of the molecule is CC(=O)Nc1cc(C(=O)NCc2ccc(OCCOC(F)(F)F)nc2)ccn1. The average Bonchev–Trinajstić information content (AvgIpc) is 2.63. The zero-order valence-electron chi connectivity index (χ0n) is 14.7. The Morgan fingerprint density at radius 2 is 1.93 bits per heavy atom. The molecule has 150 valence electrons. The van der Waals surface area contributed by atoms with Gasteiger partial charge in [-0.3, -0.25) is 14.3 Å². The molecular weight excluding hydrogens is 381 g/mol. The first-order valence-corrected chi connectivity index (χ1v) is 8.03. The van der Waals surface area contributed by atoms with E-state index < -0.39 is 13.0 Å². The van der Waals surface area contributed by atoms with E-state index in [0.717, 1.165) is 0 Å². The van der Waals surface area contributed by atoms with Gasteiger partial charge < -0.3 is 15.4 Å². The minimum absolute atomic E-state index is 0.134. The molecule has 0 radical (unpaired) electrons. The highest BCUT2D eigenvalue weighted by atomic mass is 19.4. The smallest absolute Gasteiger partial charge is 0.475 e. The Hall–Kier alpha value is -3.21. The maximum Gasteiger partial charge on any atom is 0.522 e. The molecule has 11 heteroatoms. The Bertz CT molecular complexity index is 813. The van der Waals surface area contributed by atoms with Crippen LogP contribution >= 0.6 is 0 Å². The van der Waals surface area contributed by atoms with Crippen LogP contribution in [0.25, 0.3) is 0 Å². The fourth-order valence-corrected chi connectivity index (χ4v) is 2.01. The van der Waals surface area contributed by atoms with Crippen molar-refractivity contribution in [1.82, 2.24) is 15.3 Å². The molecule has 2 N–H and O–H groups in total. The quantitative estimate of drug-likeness (QED) is 0.662. The first kappa shape index (κ1) is 21.1. The number of rotatable bonds is 8. The van der Waals surface area contributed by atoms with Gasteiger partial charge in [-0.1, -0.05) is 6.07 Å². The van der Waals surface area contributed by atoms with Crippen LogP contribution in [0, 0.1) is 0 Å². The number of alkyl halides is 3. The zero-order valence-corrected chi connectivity index (χ0v) is 14.7. The maximum absolute atomic E-state index is 12.2. The summed E-state index contributed by atoms with van der Waals surface area (Å²) in [7, 11) is 0. The van der Waals surface area contributed by atoms with Crippen molar-refractivity contribution in [2.75, 3.05) is 18.5 Å². The molecule has 0 atom stereocenters. The molecule has 0 aliphatic heterocycles. The number of carbonyl (C=O) groups excluding carboxylic acids is 2. The summed E-state index contributed by atoms with van der Waals surface area (Å²) >= 11 is 0. The van der Waals surface area contributed by atoms with E-state index in [2.05, 4.69) is 25.3 Å². The van der Waals surface area contributed by atoms with Crippen LogP contribution < -0.4 is 15.4 Å². The van der Waals surface area contributed by atoms with Crippen molar-refractivity contribution in [3.8, 4) is 5.88 Å². The highest BCUT2D eigenvalue weighted by molar-refractivity contribution is 5.96. The third-order valence-electron chi connectivity index (χ3n) is 3.18. The van der Waals surface area contributed by atoms with Crippen molar-refractivity contribution in [3.63, 3.8) is 0 Å². The number of amides is 2. The van der Waals surface area contributed by atoms with E-state index in [0.29, 0.717) is 11.1 Å². The molecule has 0 bridgehead atoms. The van der Waals surface area contributed by atoms with Gasteiger partial charge in [0.25, 0.3) is 5.91 Å². The molecular formula is C17H17F3N4O4. The number of pyridine rings is 2. The molecule has 0 aliphatic carbocycles. The normalized spacial score (nSPS) is 11.0. The third-order valence-corrected chi connectivity index (χ3v) is 3.18. The van der Waals surface area contributed by atoms with E-state index in [9.17, 15) is 22.8 Å². The number of anilines is 1. The lowest BCUT2D eigenvalue weighted by Gasteiger charge is -2.09. The summed E-state index contributed by atoms with van der Waals surface area (Å²) < 4.78 is 44.1. The molecule has 0 aliphatic rings. The van der Waals surface area contributed by atoms with Gasteiger partial charge in [0.1, 0.15) is 12.4 Å². The molecule has 2 aromatic rings. The summed E-state index contributed by atoms with van der Waals surface area (Å²) in [6, 6.07) is 6.02. The van der Waals surface area contributed by atoms with Crippen molar-refractivity contribution in [2.24, 2.45) is 0 Å². The van der Waals surface area contributed by atoms with Crippen LogP contribution in [0.4, 0.5) is 19.0 Å². The van der Waals surface area contributed by atoms with Gasteiger partial charge in [0.15, 0.2) is 0 Å². The Labute approximate surface area is 158 Å². The number of aromatic nitrogens is 2. The van der Waals surface area contributed by atoms with Crippen LogP contribution in [0.5, 0.6) is 5.88 Å². The molecule has 0 fully saturated rings. The number of nitrogens with zero attached hydrogens (tertiary/aromatic N) is 2. The van der Waals surface area contributed by atoms with Crippen LogP contribution in [0.2, 0.25) is 0 Å². The van der Waals surface area contributed by atoms with Crippen molar-refractivity contribution in [2.45, 2.75) is 19.8 Å². The topological polar surface area (TPSA) is 102 Å². The molecule has 8 nitrogen and oxygen atoms in total. The molecule has 2 amide bonds. The fraction of sp³-hybridized carbons (Fsp3) is 0.294. The standard InChI is InChI=1S/C17H17F3N4O4/c1-11(25)24-14-8-13(4-5-21-14)16(26)23-10-12-2-3-15(22-9-12)27-6-7-28-17(18,19)20/h2-5,8-9H,6-7,10H2,1H3,(H,23,26)(H,21,24,25). The number of nitrogens with one attached hydrogen (secondary N) is 2. The van der Waals surface area contributed by atoms with Gasteiger partial charge in [0.2, 0.25) is 11.8 Å². The second kappa shape index (κ2) is 9.65. The highest BCUT2D eigenvalue weighted by Gasteiger charge is 2.28. The van der Waals surface area contributed by atoms with E-state index >= 15 is 0 Å². The highest BCUT2D eigenvalue weighted by Crippen LogP contribution is 2.16. The first-order chi connectivity index (χ1) is 13.2. The Kier molecular flexibility index (Phi) is 7.27. The average molecular weight is 398 g/mol. The van der Waals surface area contributed by atoms with Crippen LogP contribution in [-0.4, -0.2) is 41.4 Å². The first-order valence-electron chi connectivity index (χ1n) is 8.03. The minimum atomic E-state index is -4.70. The van der Waals surface area contributed by atoms with Crippen LogP contribution in [0.3, 0.4) is 0 Å². The number of hydrogen-bond acceptors (Lipinski definition) is 6. The largest absolute Gasteiger partial charge is 0.522 e. The lowest BCUT2D eigenvalue weighted by atomic mass is 10.2. The summed E-state index contributed by atoms with van der Waals surface area (Å²) in [5.74, 6) is -0.283. The predicted octanol–water partition coefficient (Wildman–Crippen LogP) is 2.28. The van der Waals surface area contributed by atoms with Gasteiger partial charge in [0, 0.05) is 37.5 Å². The molecule has 0 saturated heterocycles. The summed E-state index contributed by atoms with van der Waals surface area (Å²) in [5.41, 5.74) is 0.972. The summed E-state index contributed by atoms with van der Waals surface area (Å²) in [6.45, 7) is 0.551. The van der Waals surface area contributed by atoms with E-state index in [1.165, 1.54) is 37.5 Å². The van der Waals surface area contributed by atoms with Crippen molar-refractivity contribution >= 4 is 17.6 Å². The maximum atomic E-state index is 12.2. The monoisotopic (exact) mass is 398 g/mol. The number of halogens is 3. The van der Waals surface area contributed by atoms with Crippen molar-refractivity contribution in [3.05, 3.63) is 47.8 Å². The molecule has 0 spiro atoms. The summed E-state index contributed by atoms with van der Waals surface area (Å²) in [4.78, 5) is 31.1. The van der Waals surface area contributed by atoms with Gasteiger partial charge in [-0.25, -0.2) is 9.97 Å². The molecule has 2 rings (SSSR count). The lowest BCUT2D eigenvalue weighted by Crippen LogP contribution is -2.23.